The predicted octanol–water partition coefficient (Wildman–Crippen LogP) is -0.611. The molecule has 2 N–H and O–H groups in total. The van der Waals surface area contributed by atoms with Gasteiger partial charge in [0, 0.05) is 13.1 Å². The average molecular weight is 154 g/mol. The molecule has 1 heterocycles. The number of ether oxygens (including phenoxy) is 1. The van der Waals surface area contributed by atoms with Gasteiger partial charge in [0.15, 0.2) is 0 Å². The Balaban J connectivity index is 0.000000640. The van der Waals surface area contributed by atoms with Gasteiger partial charge in [-0.15, -0.1) is 12.4 Å². The van der Waals surface area contributed by atoms with E-state index >= 15 is 0 Å². The van der Waals surface area contributed by atoms with Gasteiger partial charge in [0.05, 0.1) is 19.3 Å². The molecule has 0 aromatic heterocycles. The lowest BCUT2D eigenvalue weighted by Gasteiger charge is -2.02. The first-order valence-corrected chi connectivity index (χ1v) is 2.86. The number of halogens is 1. The third-order valence-corrected chi connectivity index (χ3v) is 1.11. The zero-order chi connectivity index (χ0) is 5.82. The van der Waals surface area contributed by atoms with Crippen LogP contribution in [0, 0.1) is 0 Å². The van der Waals surface area contributed by atoms with E-state index in [1.807, 2.05) is 0 Å². The van der Waals surface area contributed by atoms with Crippen molar-refractivity contribution in [1.29, 1.82) is 0 Å². The lowest BCUT2D eigenvalue weighted by atomic mass is 10.4. The highest BCUT2D eigenvalue weighted by molar-refractivity contribution is 5.85. The second kappa shape index (κ2) is 4.99. The van der Waals surface area contributed by atoms with Crippen molar-refractivity contribution in [1.82, 2.24) is 5.32 Å². The Kier molecular flexibility index (Phi) is 5.09. The van der Waals surface area contributed by atoms with E-state index in [0.717, 1.165) is 13.2 Å². The highest BCUT2D eigenvalue weighted by atomic mass is 35.5. The lowest BCUT2D eigenvalue weighted by molar-refractivity contribution is 0.0594. The monoisotopic (exact) mass is 153 g/mol. The molecule has 0 aromatic carbocycles. The van der Waals surface area contributed by atoms with Crippen molar-refractivity contribution >= 4 is 12.4 Å². The van der Waals surface area contributed by atoms with Gasteiger partial charge in [-0.05, 0) is 0 Å². The molecule has 0 spiro atoms. The van der Waals surface area contributed by atoms with E-state index in [1.165, 1.54) is 0 Å². The number of nitrogens with one attached hydrogen (secondary N) is 1. The fourth-order valence-corrected chi connectivity index (χ4v) is 0.691. The number of β-amino-alcohol motifs (C(OH)–C–C–N with tert-alkyl or cyclic N) is 1. The van der Waals surface area contributed by atoms with Crippen molar-refractivity contribution < 1.29 is 9.84 Å². The van der Waals surface area contributed by atoms with Gasteiger partial charge >= 0.3 is 0 Å². The molecule has 0 saturated carbocycles. The standard InChI is InChI=1S/C5H11NO2.ClH/c7-5-3-6-1-2-8-4-5;/h5-7H,1-4H2;1H/t5-;/m0./s1. The van der Waals surface area contributed by atoms with Gasteiger partial charge in [-0.1, -0.05) is 0 Å². The van der Waals surface area contributed by atoms with E-state index in [1.54, 1.807) is 0 Å². The van der Waals surface area contributed by atoms with Crippen molar-refractivity contribution in [3.63, 3.8) is 0 Å². The molecule has 0 aliphatic carbocycles. The Morgan fingerprint density at radius 2 is 2.33 bits per heavy atom. The average Bonchev–Trinajstić information content (AvgIpc) is 1.94. The van der Waals surface area contributed by atoms with Crippen LogP contribution in [0.3, 0.4) is 0 Å². The smallest absolute Gasteiger partial charge is 0.0897 e. The van der Waals surface area contributed by atoms with Gasteiger partial charge in [0.1, 0.15) is 0 Å². The molecule has 0 bridgehead atoms. The Labute approximate surface area is 60.8 Å². The maximum Gasteiger partial charge on any atom is 0.0897 e. The molecule has 1 fully saturated rings. The Morgan fingerprint density at radius 1 is 1.56 bits per heavy atom. The largest absolute Gasteiger partial charge is 0.389 e. The first-order chi connectivity index (χ1) is 3.89. The van der Waals surface area contributed by atoms with Gasteiger partial charge in [0.25, 0.3) is 0 Å². The molecule has 9 heavy (non-hydrogen) atoms. The van der Waals surface area contributed by atoms with E-state index in [9.17, 15) is 0 Å². The number of aliphatic hydroxyl groups excluding tert-OH is 1. The summed E-state index contributed by atoms with van der Waals surface area (Å²) in [7, 11) is 0. The topological polar surface area (TPSA) is 41.5 Å². The van der Waals surface area contributed by atoms with E-state index in [2.05, 4.69) is 5.32 Å². The molecule has 1 atom stereocenters. The summed E-state index contributed by atoms with van der Waals surface area (Å²) >= 11 is 0. The van der Waals surface area contributed by atoms with Gasteiger partial charge in [0.2, 0.25) is 0 Å². The number of rotatable bonds is 0. The molecule has 1 aliphatic heterocycles. The third-order valence-electron chi connectivity index (χ3n) is 1.11. The Bertz CT molecular complexity index is 64.0. The van der Waals surface area contributed by atoms with Crippen molar-refractivity contribution in [2.45, 2.75) is 6.10 Å². The summed E-state index contributed by atoms with van der Waals surface area (Å²) in [5.74, 6) is 0. The minimum absolute atomic E-state index is 0. The van der Waals surface area contributed by atoms with Crippen LogP contribution in [0.4, 0.5) is 0 Å². The third kappa shape index (κ3) is 3.70. The first kappa shape index (κ1) is 9.17. The molecule has 1 saturated heterocycles. The van der Waals surface area contributed by atoms with Crippen LogP contribution in [0.2, 0.25) is 0 Å². The van der Waals surface area contributed by atoms with E-state index in [-0.39, 0.29) is 18.5 Å². The van der Waals surface area contributed by atoms with E-state index in [0.29, 0.717) is 13.2 Å². The summed E-state index contributed by atoms with van der Waals surface area (Å²) in [6.45, 7) is 2.72. The summed E-state index contributed by atoms with van der Waals surface area (Å²) in [6.07, 6.45) is -0.308. The zero-order valence-corrected chi connectivity index (χ0v) is 5.99. The van der Waals surface area contributed by atoms with Crippen LogP contribution in [0.5, 0.6) is 0 Å². The van der Waals surface area contributed by atoms with Gasteiger partial charge in [-0.3, -0.25) is 0 Å². The normalized spacial score (nSPS) is 28.3. The lowest BCUT2D eigenvalue weighted by Crippen LogP contribution is -2.26. The summed E-state index contributed by atoms with van der Waals surface area (Å²) in [5, 5.41) is 11.9. The number of hydrogen-bond donors (Lipinski definition) is 2. The molecular formula is C5H12ClNO2. The van der Waals surface area contributed by atoms with Crippen molar-refractivity contribution in [2.75, 3.05) is 26.3 Å². The quantitative estimate of drug-likeness (QED) is 0.488. The molecule has 1 rings (SSSR count). The van der Waals surface area contributed by atoms with Crippen LogP contribution in [-0.2, 0) is 4.74 Å². The zero-order valence-electron chi connectivity index (χ0n) is 5.17. The van der Waals surface area contributed by atoms with Crippen LogP contribution < -0.4 is 5.32 Å². The molecule has 3 nitrogen and oxygen atoms in total. The fourth-order valence-electron chi connectivity index (χ4n) is 0.691. The maximum absolute atomic E-state index is 8.90. The van der Waals surface area contributed by atoms with E-state index < -0.39 is 0 Å². The molecular weight excluding hydrogens is 142 g/mol. The van der Waals surface area contributed by atoms with Crippen molar-refractivity contribution in [3.05, 3.63) is 0 Å². The van der Waals surface area contributed by atoms with Gasteiger partial charge < -0.3 is 15.2 Å². The number of hydrogen-bond acceptors (Lipinski definition) is 3. The van der Waals surface area contributed by atoms with Crippen LogP contribution in [-0.4, -0.2) is 37.5 Å². The van der Waals surface area contributed by atoms with Crippen molar-refractivity contribution in [3.8, 4) is 0 Å². The van der Waals surface area contributed by atoms with Crippen molar-refractivity contribution in [2.24, 2.45) is 0 Å². The summed E-state index contributed by atoms with van der Waals surface area (Å²) in [5.41, 5.74) is 0. The predicted molar refractivity (Wildman–Crippen MR) is 36.9 cm³/mol. The maximum atomic E-state index is 8.90. The molecule has 1 aliphatic rings. The summed E-state index contributed by atoms with van der Waals surface area (Å²) in [4.78, 5) is 0. The van der Waals surface area contributed by atoms with Gasteiger partial charge in [-0.2, -0.15) is 0 Å². The molecule has 0 amide bonds. The Morgan fingerprint density at radius 3 is 3.11 bits per heavy atom. The van der Waals surface area contributed by atoms with Crippen LogP contribution >= 0.6 is 12.4 Å². The van der Waals surface area contributed by atoms with Crippen LogP contribution in [0.15, 0.2) is 0 Å². The molecule has 0 radical (unpaired) electrons. The molecule has 0 unspecified atom stereocenters. The van der Waals surface area contributed by atoms with E-state index in [4.69, 9.17) is 9.84 Å². The van der Waals surface area contributed by atoms with Gasteiger partial charge in [-0.25, -0.2) is 0 Å². The summed E-state index contributed by atoms with van der Waals surface area (Å²) in [6, 6.07) is 0. The minimum Gasteiger partial charge on any atom is -0.389 e. The second-order valence-corrected chi connectivity index (χ2v) is 1.93. The minimum atomic E-state index is -0.308. The van der Waals surface area contributed by atoms with Crippen LogP contribution in [0.1, 0.15) is 0 Å². The molecule has 4 heteroatoms. The van der Waals surface area contributed by atoms with Crippen LogP contribution in [0.25, 0.3) is 0 Å². The highest BCUT2D eigenvalue weighted by Gasteiger charge is 2.05. The number of aliphatic hydroxyl groups is 1. The molecule has 56 valence electrons. The summed E-state index contributed by atoms with van der Waals surface area (Å²) < 4.78 is 4.99. The highest BCUT2D eigenvalue weighted by Crippen LogP contribution is 1.86. The SMILES string of the molecule is Cl.O[C@H]1CNCCOC1. The fraction of sp³-hybridized carbons (Fsp3) is 1.00. The first-order valence-electron chi connectivity index (χ1n) is 2.86. The molecule has 0 aromatic rings. The second-order valence-electron chi connectivity index (χ2n) is 1.93. The Hall–Kier alpha value is 0.170.